The highest BCUT2D eigenvalue weighted by Crippen LogP contribution is 2.29. The van der Waals surface area contributed by atoms with Crippen LogP contribution in [0.3, 0.4) is 0 Å². The molecule has 2 nitrogen and oxygen atoms in total. The second kappa shape index (κ2) is 3.03. The first-order valence-electron chi connectivity index (χ1n) is 3.87. The van der Waals surface area contributed by atoms with Gasteiger partial charge in [0.05, 0.1) is 12.5 Å². The summed E-state index contributed by atoms with van der Waals surface area (Å²) in [7, 11) is 0. The smallest absolute Gasteiger partial charge is 0.0638 e. The first kappa shape index (κ1) is 7.56. The van der Waals surface area contributed by atoms with Crippen LogP contribution in [0.1, 0.15) is 26.7 Å². The van der Waals surface area contributed by atoms with Crippen LogP contribution in [0.15, 0.2) is 0 Å². The lowest BCUT2D eigenvalue weighted by Crippen LogP contribution is -2.28. The van der Waals surface area contributed by atoms with Gasteiger partial charge in [-0.3, -0.25) is 0 Å². The van der Waals surface area contributed by atoms with E-state index in [2.05, 4.69) is 25.2 Å². The summed E-state index contributed by atoms with van der Waals surface area (Å²) >= 11 is 0. The number of hydrogen-bond donors (Lipinski definition) is 1. The first-order chi connectivity index (χ1) is 4.74. The molecule has 0 bridgehead atoms. The van der Waals surface area contributed by atoms with E-state index >= 15 is 0 Å². The van der Waals surface area contributed by atoms with Gasteiger partial charge >= 0.3 is 0 Å². The van der Waals surface area contributed by atoms with Gasteiger partial charge in [-0.1, -0.05) is 6.92 Å². The molecule has 2 heteroatoms. The molecule has 1 unspecified atom stereocenters. The molecule has 0 aliphatic heterocycles. The van der Waals surface area contributed by atoms with E-state index in [9.17, 15) is 0 Å². The Bertz CT molecular complexity index is 148. The normalized spacial score (nSPS) is 32.9. The lowest BCUT2D eigenvalue weighted by atomic mass is 10.2. The first-order valence-corrected chi connectivity index (χ1v) is 3.87. The Hall–Kier alpha value is -0.550. The van der Waals surface area contributed by atoms with Gasteiger partial charge in [0.15, 0.2) is 0 Å². The zero-order valence-corrected chi connectivity index (χ0v) is 6.59. The van der Waals surface area contributed by atoms with Crippen LogP contribution in [0.5, 0.6) is 0 Å². The van der Waals surface area contributed by atoms with Gasteiger partial charge in [0, 0.05) is 12.1 Å². The zero-order chi connectivity index (χ0) is 7.56. The van der Waals surface area contributed by atoms with Crippen LogP contribution < -0.4 is 5.32 Å². The van der Waals surface area contributed by atoms with E-state index < -0.39 is 0 Å². The fraction of sp³-hybridized carbons (Fsp3) is 0.875. The van der Waals surface area contributed by atoms with Gasteiger partial charge in [0.2, 0.25) is 0 Å². The average Bonchev–Trinajstić information content (AvgIpc) is 2.47. The van der Waals surface area contributed by atoms with Crippen molar-refractivity contribution in [1.29, 1.82) is 5.26 Å². The molecule has 0 amide bonds. The minimum absolute atomic E-state index is 0.375. The Kier molecular flexibility index (Phi) is 2.29. The molecule has 0 radical (unpaired) electrons. The van der Waals surface area contributed by atoms with Crippen LogP contribution in [0, 0.1) is 17.2 Å². The van der Waals surface area contributed by atoms with E-state index in [0.717, 1.165) is 5.92 Å². The monoisotopic (exact) mass is 138 g/mol. The summed E-state index contributed by atoms with van der Waals surface area (Å²) in [5.41, 5.74) is 0. The van der Waals surface area contributed by atoms with Gasteiger partial charge in [-0.05, 0) is 19.3 Å². The fourth-order valence-corrected chi connectivity index (χ4v) is 1.12. The SMILES string of the molecule is CC(CC#N)N[C@@H]1C[C@H]1C. The third-order valence-electron chi connectivity index (χ3n) is 2.01. The van der Waals surface area contributed by atoms with Gasteiger partial charge in [-0.25, -0.2) is 0 Å². The molecule has 1 aliphatic carbocycles. The van der Waals surface area contributed by atoms with Gasteiger partial charge in [-0.2, -0.15) is 5.26 Å². The van der Waals surface area contributed by atoms with Crippen molar-refractivity contribution < 1.29 is 0 Å². The van der Waals surface area contributed by atoms with E-state index in [0.29, 0.717) is 18.5 Å². The molecule has 1 rings (SSSR count). The Labute approximate surface area is 62.2 Å². The average molecular weight is 138 g/mol. The molecule has 0 aromatic carbocycles. The lowest BCUT2D eigenvalue weighted by molar-refractivity contribution is 0.537. The minimum Gasteiger partial charge on any atom is -0.310 e. The van der Waals surface area contributed by atoms with E-state index in [-0.39, 0.29) is 0 Å². The van der Waals surface area contributed by atoms with Crippen LogP contribution >= 0.6 is 0 Å². The van der Waals surface area contributed by atoms with E-state index in [1.54, 1.807) is 0 Å². The zero-order valence-electron chi connectivity index (χ0n) is 6.59. The third-order valence-corrected chi connectivity index (χ3v) is 2.01. The summed E-state index contributed by atoms with van der Waals surface area (Å²) < 4.78 is 0. The summed E-state index contributed by atoms with van der Waals surface area (Å²) in [4.78, 5) is 0. The van der Waals surface area contributed by atoms with Gasteiger partial charge in [0.25, 0.3) is 0 Å². The van der Waals surface area contributed by atoms with Crippen LogP contribution in [0.2, 0.25) is 0 Å². The van der Waals surface area contributed by atoms with Crippen molar-refractivity contribution in [3.63, 3.8) is 0 Å². The maximum Gasteiger partial charge on any atom is 0.0638 e. The Morgan fingerprint density at radius 3 is 2.80 bits per heavy atom. The van der Waals surface area contributed by atoms with Crippen LogP contribution in [-0.2, 0) is 0 Å². The van der Waals surface area contributed by atoms with Crippen LogP contribution in [-0.4, -0.2) is 12.1 Å². The Morgan fingerprint density at radius 2 is 2.40 bits per heavy atom. The highest BCUT2D eigenvalue weighted by Gasteiger charge is 2.32. The van der Waals surface area contributed by atoms with Crippen molar-refractivity contribution in [3.8, 4) is 6.07 Å². The molecule has 0 aromatic heterocycles. The van der Waals surface area contributed by atoms with Crippen molar-refractivity contribution in [1.82, 2.24) is 5.32 Å². The Morgan fingerprint density at radius 1 is 1.80 bits per heavy atom. The molecule has 0 saturated heterocycles. The number of rotatable bonds is 3. The standard InChI is InChI=1S/C8H14N2/c1-6-5-8(6)10-7(2)3-4-9/h6-8,10H,3,5H2,1-2H3/t6-,7?,8-/m1/s1. The topological polar surface area (TPSA) is 35.8 Å². The summed E-state index contributed by atoms with van der Waals surface area (Å²) in [5, 5.41) is 11.7. The lowest BCUT2D eigenvalue weighted by Gasteiger charge is -2.07. The molecule has 1 aliphatic rings. The molecular formula is C8H14N2. The largest absolute Gasteiger partial charge is 0.310 e. The summed E-state index contributed by atoms with van der Waals surface area (Å²) in [6.07, 6.45) is 1.92. The maximum atomic E-state index is 8.35. The minimum atomic E-state index is 0.375. The van der Waals surface area contributed by atoms with Crippen molar-refractivity contribution >= 4 is 0 Å². The summed E-state index contributed by atoms with van der Waals surface area (Å²) in [6, 6.07) is 3.23. The van der Waals surface area contributed by atoms with Crippen LogP contribution in [0.25, 0.3) is 0 Å². The molecule has 0 spiro atoms. The van der Waals surface area contributed by atoms with E-state index in [1.807, 2.05) is 0 Å². The predicted octanol–water partition coefficient (Wildman–Crippen LogP) is 1.29. The fourth-order valence-electron chi connectivity index (χ4n) is 1.12. The van der Waals surface area contributed by atoms with Crippen LogP contribution in [0.4, 0.5) is 0 Å². The highest BCUT2D eigenvalue weighted by molar-refractivity contribution is 4.92. The number of nitrogens with one attached hydrogen (secondary N) is 1. The number of hydrogen-bond acceptors (Lipinski definition) is 2. The van der Waals surface area contributed by atoms with Gasteiger partial charge in [-0.15, -0.1) is 0 Å². The van der Waals surface area contributed by atoms with Crippen molar-refractivity contribution in [2.24, 2.45) is 5.92 Å². The second-order valence-corrected chi connectivity index (χ2v) is 3.25. The summed E-state index contributed by atoms with van der Waals surface area (Å²) in [5.74, 6) is 0.834. The quantitative estimate of drug-likeness (QED) is 0.637. The molecule has 56 valence electrons. The molecule has 3 atom stereocenters. The van der Waals surface area contributed by atoms with Crippen molar-refractivity contribution in [2.45, 2.75) is 38.8 Å². The van der Waals surface area contributed by atoms with E-state index in [4.69, 9.17) is 5.26 Å². The van der Waals surface area contributed by atoms with Crippen molar-refractivity contribution in [2.75, 3.05) is 0 Å². The molecular weight excluding hydrogens is 124 g/mol. The maximum absolute atomic E-state index is 8.35. The molecule has 10 heavy (non-hydrogen) atoms. The molecule has 1 N–H and O–H groups in total. The summed E-state index contributed by atoms with van der Waals surface area (Å²) in [6.45, 7) is 4.30. The predicted molar refractivity (Wildman–Crippen MR) is 40.4 cm³/mol. The van der Waals surface area contributed by atoms with Gasteiger partial charge < -0.3 is 5.32 Å². The Balaban J connectivity index is 2.08. The molecule has 0 heterocycles. The molecule has 1 saturated carbocycles. The molecule has 0 aromatic rings. The number of nitrogens with zero attached hydrogens (tertiary/aromatic N) is 1. The third kappa shape index (κ3) is 2.00. The number of nitriles is 1. The molecule has 1 fully saturated rings. The highest BCUT2D eigenvalue weighted by atomic mass is 15.0. The second-order valence-electron chi connectivity index (χ2n) is 3.25. The van der Waals surface area contributed by atoms with Gasteiger partial charge in [0.1, 0.15) is 0 Å². The van der Waals surface area contributed by atoms with E-state index in [1.165, 1.54) is 6.42 Å². The van der Waals surface area contributed by atoms with Crippen molar-refractivity contribution in [3.05, 3.63) is 0 Å².